The molecule has 0 aliphatic heterocycles. The van der Waals surface area contributed by atoms with Gasteiger partial charge in [0.05, 0.1) is 4.88 Å². The fraction of sp³-hybridized carbons (Fsp3) is 0.0667. The summed E-state index contributed by atoms with van der Waals surface area (Å²) >= 11 is 4.73. The molecule has 2 rings (SSSR count). The van der Waals surface area contributed by atoms with Gasteiger partial charge in [-0.2, -0.15) is 0 Å². The number of allylic oxidation sites excluding steroid dienone is 2. The van der Waals surface area contributed by atoms with Gasteiger partial charge < -0.3 is 0 Å². The number of thiophene rings is 1. The highest BCUT2D eigenvalue weighted by Gasteiger charge is 2.06. The van der Waals surface area contributed by atoms with E-state index < -0.39 is 0 Å². The monoisotopic (exact) mass is 334 g/mol. The second-order valence-corrected chi connectivity index (χ2v) is 6.19. The van der Waals surface area contributed by atoms with Crippen molar-refractivity contribution in [3.63, 3.8) is 0 Å². The van der Waals surface area contributed by atoms with E-state index in [0.29, 0.717) is 10.4 Å². The lowest BCUT2D eigenvalue weighted by Crippen LogP contribution is -1.96. The number of halogens is 1. The molecule has 96 valence electrons. The second-order valence-electron chi connectivity index (χ2n) is 3.98. The Hall–Kier alpha value is -1.52. The first-order valence-electron chi connectivity index (χ1n) is 5.65. The summed E-state index contributed by atoms with van der Waals surface area (Å²) in [7, 11) is 0. The molecule has 0 aliphatic rings. The summed E-state index contributed by atoms with van der Waals surface area (Å²) in [4.78, 5) is 25.4. The molecule has 0 radical (unpaired) electrons. The molecule has 1 heterocycles. The summed E-state index contributed by atoms with van der Waals surface area (Å²) in [5, 5.41) is 0. The smallest absolute Gasteiger partial charge is 0.195 e. The first kappa shape index (κ1) is 13.9. The summed E-state index contributed by atoms with van der Waals surface area (Å²) in [5.74, 6) is -0.315. The average Bonchev–Trinajstić information content (AvgIpc) is 2.82. The Kier molecular flexibility index (Phi) is 4.45. The third-order valence-electron chi connectivity index (χ3n) is 2.48. The first-order chi connectivity index (χ1) is 9.06. The van der Waals surface area contributed by atoms with Gasteiger partial charge in [-0.3, -0.25) is 9.59 Å². The number of hydrogen-bond acceptors (Lipinski definition) is 3. The van der Waals surface area contributed by atoms with Crippen LogP contribution in [-0.2, 0) is 0 Å². The molecular weight excluding hydrogens is 324 g/mol. The Balaban J connectivity index is 2.10. The third kappa shape index (κ3) is 3.72. The molecular formula is C15H11BrO2S. The Morgan fingerprint density at radius 1 is 1.11 bits per heavy atom. The normalized spacial score (nSPS) is 10.8. The van der Waals surface area contributed by atoms with Crippen molar-refractivity contribution in [2.45, 2.75) is 6.92 Å². The van der Waals surface area contributed by atoms with Gasteiger partial charge >= 0.3 is 0 Å². The van der Waals surface area contributed by atoms with Crippen LogP contribution in [0.5, 0.6) is 0 Å². The van der Waals surface area contributed by atoms with Crippen LogP contribution in [-0.4, -0.2) is 11.6 Å². The summed E-state index contributed by atoms with van der Waals surface area (Å²) in [5.41, 5.74) is 0.556. The molecule has 2 nitrogen and oxygen atoms in total. The van der Waals surface area contributed by atoms with E-state index in [2.05, 4.69) is 15.9 Å². The van der Waals surface area contributed by atoms with Crippen molar-refractivity contribution in [2.24, 2.45) is 0 Å². The Labute approximate surface area is 123 Å². The van der Waals surface area contributed by atoms with Crippen molar-refractivity contribution < 1.29 is 9.59 Å². The van der Waals surface area contributed by atoms with Gasteiger partial charge in [0.15, 0.2) is 11.6 Å². The van der Waals surface area contributed by atoms with Crippen molar-refractivity contribution in [1.29, 1.82) is 0 Å². The molecule has 0 saturated carbocycles. The molecule has 0 spiro atoms. The van der Waals surface area contributed by atoms with Gasteiger partial charge in [-0.25, -0.2) is 0 Å². The van der Waals surface area contributed by atoms with E-state index >= 15 is 0 Å². The minimum atomic E-state index is -0.178. The number of ketones is 2. The largest absolute Gasteiger partial charge is 0.289 e. The number of aryl methyl sites for hydroxylation is 1. The Morgan fingerprint density at radius 3 is 2.47 bits per heavy atom. The molecule has 0 atom stereocenters. The third-order valence-corrected chi connectivity index (χ3v) is 3.99. The van der Waals surface area contributed by atoms with E-state index in [-0.39, 0.29) is 11.6 Å². The highest BCUT2D eigenvalue weighted by molar-refractivity contribution is 9.10. The van der Waals surface area contributed by atoms with Crippen molar-refractivity contribution in [3.05, 3.63) is 68.3 Å². The number of carbonyl (C=O) groups excluding carboxylic acids is 2. The summed E-state index contributed by atoms with van der Waals surface area (Å²) < 4.78 is 0.840. The van der Waals surface area contributed by atoms with Crippen LogP contribution in [0.1, 0.15) is 24.9 Å². The zero-order valence-corrected chi connectivity index (χ0v) is 12.6. The van der Waals surface area contributed by atoms with Gasteiger partial charge in [-0.1, -0.05) is 28.1 Å². The molecule has 0 unspecified atom stereocenters. The predicted octanol–water partition coefficient (Wildman–Crippen LogP) is 4.44. The molecule has 4 heteroatoms. The lowest BCUT2D eigenvalue weighted by molar-refractivity contribution is 0.102. The van der Waals surface area contributed by atoms with E-state index in [4.69, 9.17) is 0 Å². The summed E-state index contributed by atoms with van der Waals surface area (Å²) in [6, 6.07) is 10.7. The zero-order valence-electron chi connectivity index (χ0n) is 10.2. The maximum Gasteiger partial charge on any atom is 0.195 e. The highest BCUT2D eigenvalue weighted by atomic mass is 79.9. The molecule has 0 N–H and O–H groups in total. The fourth-order valence-corrected chi connectivity index (χ4v) is 2.73. The van der Waals surface area contributed by atoms with E-state index in [1.165, 1.54) is 23.5 Å². The highest BCUT2D eigenvalue weighted by Crippen LogP contribution is 2.16. The molecule has 0 saturated heterocycles. The van der Waals surface area contributed by atoms with E-state index in [9.17, 15) is 9.59 Å². The standard InChI is InChI=1S/C15H11BrO2S/c1-10-5-8-15(19-10)14(18)7-6-13(17)11-3-2-4-12(16)9-11/h2-9H,1H3. The average molecular weight is 335 g/mol. The maximum atomic E-state index is 11.9. The fourth-order valence-electron chi connectivity index (χ4n) is 1.54. The summed E-state index contributed by atoms with van der Waals surface area (Å²) in [6.45, 7) is 1.94. The molecule has 2 aromatic rings. The molecule has 0 bridgehead atoms. The minimum absolute atomic E-state index is 0.138. The Bertz CT molecular complexity index is 656. The molecule has 0 aliphatic carbocycles. The van der Waals surface area contributed by atoms with Crippen LogP contribution in [0.4, 0.5) is 0 Å². The van der Waals surface area contributed by atoms with E-state index in [1.807, 2.05) is 19.1 Å². The number of hydrogen-bond donors (Lipinski definition) is 0. The molecule has 19 heavy (non-hydrogen) atoms. The van der Waals surface area contributed by atoms with E-state index in [0.717, 1.165) is 9.35 Å². The number of benzene rings is 1. The predicted molar refractivity (Wildman–Crippen MR) is 81.0 cm³/mol. The topological polar surface area (TPSA) is 34.1 Å². The van der Waals surface area contributed by atoms with Crippen LogP contribution in [0.15, 0.2) is 53.0 Å². The Morgan fingerprint density at radius 2 is 1.84 bits per heavy atom. The molecule has 1 aromatic heterocycles. The van der Waals surface area contributed by atoms with Gasteiger partial charge in [0.1, 0.15) is 0 Å². The SMILES string of the molecule is Cc1ccc(C(=O)C=CC(=O)c2cccc(Br)c2)s1. The van der Waals surface area contributed by atoms with Crippen molar-refractivity contribution in [2.75, 3.05) is 0 Å². The first-order valence-corrected chi connectivity index (χ1v) is 7.26. The van der Waals surface area contributed by atoms with Gasteiger partial charge in [-0.05, 0) is 43.3 Å². The van der Waals surface area contributed by atoms with Gasteiger partial charge in [0.25, 0.3) is 0 Å². The van der Waals surface area contributed by atoms with Crippen LogP contribution in [0.25, 0.3) is 0 Å². The summed E-state index contributed by atoms with van der Waals surface area (Å²) in [6.07, 6.45) is 2.65. The molecule has 0 fully saturated rings. The van der Waals surface area contributed by atoms with Crippen molar-refractivity contribution in [1.82, 2.24) is 0 Å². The van der Waals surface area contributed by atoms with Crippen LogP contribution >= 0.6 is 27.3 Å². The lowest BCUT2D eigenvalue weighted by atomic mass is 10.1. The number of carbonyl (C=O) groups is 2. The van der Waals surface area contributed by atoms with Crippen LogP contribution in [0.3, 0.4) is 0 Å². The molecule has 0 amide bonds. The maximum absolute atomic E-state index is 11.9. The van der Waals surface area contributed by atoms with Gasteiger partial charge in [0, 0.05) is 14.9 Å². The zero-order chi connectivity index (χ0) is 13.8. The van der Waals surface area contributed by atoms with Gasteiger partial charge in [0.2, 0.25) is 0 Å². The molecule has 1 aromatic carbocycles. The van der Waals surface area contributed by atoms with Crippen LogP contribution < -0.4 is 0 Å². The second kappa shape index (κ2) is 6.08. The number of rotatable bonds is 4. The van der Waals surface area contributed by atoms with E-state index in [1.54, 1.807) is 24.3 Å². The minimum Gasteiger partial charge on any atom is -0.289 e. The van der Waals surface area contributed by atoms with Gasteiger partial charge in [-0.15, -0.1) is 11.3 Å². The van der Waals surface area contributed by atoms with Crippen LogP contribution in [0.2, 0.25) is 0 Å². The van der Waals surface area contributed by atoms with Crippen molar-refractivity contribution >= 4 is 38.8 Å². The lowest BCUT2D eigenvalue weighted by Gasteiger charge is -1.96. The van der Waals surface area contributed by atoms with Crippen molar-refractivity contribution in [3.8, 4) is 0 Å². The quantitative estimate of drug-likeness (QED) is 0.611. The van der Waals surface area contributed by atoms with Crippen LogP contribution in [0, 0.1) is 6.92 Å².